The number of sulfonamides is 1. The van der Waals surface area contributed by atoms with Gasteiger partial charge in [-0.3, -0.25) is 13.9 Å². The maximum Gasteiger partial charge on any atom is 0.243 e. The largest absolute Gasteiger partial charge is 0.352 e. The van der Waals surface area contributed by atoms with Crippen molar-refractivity contribution in [2.75, 3.05) is 17.1 Å². The molecule has 0 aliphatic heterocycles. The van der Waals surface area contributed by atoms with Crippen molar-refractivity contribution in [3.05, 3.63) is 100 Å². The van der Waals surface area contributed by atoms with Gasteiger partial charge in [-0.1, -0.05) is 79.2 Å². The third kappa shape index (κ3) is 9.33. The van der Waals surface area contributed by atoms with E-state index < -0.39 is 16.1 Å². The quantitative estimate of drug-likeness (QED) is 0.240. The number of amides is 2. The Morgan fingerprint density at radius 1 is 0.976 bits per heavy atom. The molecule has 0 bridgehead atoms. The van der Waals surface area contributed by atoms with Crippen LogP contribution in [0.25, 0.3) is 0 Å². The maximum atomic E-state index is 14.0. The van der Waals surface area contributed by atoms with Crippen LogP contribution < -0.4 is 9.62 Å². The predicted octanol–water partition coefficient (Wildman–Crippen LogP) is 6.06. The molecule has 226 valence electrons. The van der Waals surface area contributed by atoms with Gasteiger partial charge in [-0.2, -0.15) is 0 Å². The lowest BCUT2D eigenvalue weighted by atomic mass is 10.0. The van der Waals surface area contributed by atoms with E-state index in [2.05, 4.69) is 5.32 Å². The topological polar surface area (TPSA) is 86.8 Å². The van der Waals surface area contributed by atoms with E-state index in [0.717, 1.165) is 28.7 Å². The molecule has 9 heteroatoms. The fraction of sp³-hybridized carbons (Fsp3) is 0.394. The van der Waals surface area contributed by atoms with Crippen molar-refractivity contribution < 1.29 is 18.0 Å². The fourth-order valence-electron chi connectivity index (χ4n) is 4.78. The summed E-state index contributed by atoms with van der Waals surface area (Å²) in [6.45, 7) is 8.00. The Hall–Kier alpha value is -3.36. The Balaban J connectivity index is 1.92. The Morgan fingerprint density at radius 2 is 1.64 bits per heavy atom. The number of benzene rings is 3. The molecular formula is C33H42ClN3O4S. The number of aryl methyl sites for hydroxylation is 2. The summed E-state index contributed by atoms with van der Waals surface area (Å²) in [5.41, 5.74) is 4.05. The average Bonchev–Trinajstić information content (AvgIpc) is 2.95. The van der Waals surface area contributed by atoms with Crippen molar-refractivity contribution in [1.29, 1.82) is 0 Å². The zero-order valence-corrected chi connectivity index (χ0v) is 26.7. The van der Waals surface area contributed by atoms with E-state index in [1.807, 2.05) is 94.4 Å². The van der Waals surface area contributed by atoms with Crippen molar-refractivity contribution in [3.63, 3.8) is 0 Å². The van der Waals surface area contributed by atoms with E-state index >= 15 is 0 Å². The lowest BCUT2D eigenvalue weighted by Gasteiger charge is -2.33. The molecule has 2 amide bonds. The minimum absolute atomic E-state index is 0.0588. The molecule has 7 nitrogen and oxygen atoms in total. The highest BCUT2D eigenvalue weighted by Crippen LogP contribution is 2.25. The molecule has 3 aromatic rings. The number of halogens is 1. The van der Waals surface area contributed by atoms with Gasteiger partial charge in [-0.25, -0.2) is 8.42 Å². The van der Waals surface area contributed by atoms with Crippen molar-refractivity contribution in [2.45, 2.75) is 72.0 Å². The van der Waals surface area contributed by atoms with Crippen LogP contribution in [0, 0.1) is 13.8 Å². The second-order valence-electron chi connectivity index (χ2n) is 10.9. The molecule has 0 aliphatic rings. The summed E-state index contributed by atoms with van der Waals surface area (Å²) in [4.78, 5) is 29.2. The van der Waals surface area contributed by atoms with E-state index in [1.165, 1.54) is 10.6 Å². The minimum Gasteiger partial charge on any atom is -0.352 e. The van der Waals surface area contributed by atoms with Gasteiger partial charge in [0.15, 0.2) is 0 Å². The van der Waals surface area contributed by atoms with E-state index in [9.17, 15) is 18.0 Å². The third-order valence-corrected chi connectivity index (χ3v) is 8.90. The van der Waals surface area contributed by atoms with Gasteiger partial charge in [0.1, 0.15) is 6.04 Å². The molecule has 0 saturated heterocycles. The van der Waals surface area contributed by atoms with Crippen LogP contribution in [0.2, 0.25) is 5.02 Å². The summed E-state index contributed by atoms with van der Waals surface area (Å²) in [7, 11) is -3.59. The van der Waals surface area contributed by atoms with Crippen LogP contribution in [-0.4, -0.2) is 50.0 Å². The number of hydrogen-bond acceptors (Lipinski definition) is 4. The highest BCUT2D eigenvalue weighted by Gasteiger charge is 2.31. The Bertz CT molecular complexity index is 1460. The number of hydrogen-bond donors (Lipinski definition) is 1. The summed E-state index contributed by atoms with van der Waals surface area (Å²) in [5, 5.41) is 3.57. The second-order valence-corrected chi connectivity index (χ2v) is 13.2. The lowest BCUT2D eigenvalue weighted by molar-refractivity contribution is -0.141. The van der Waals surface area contributed by atoms with Crippen LogP contribution in [0.4, 0.5) is 5.69 Å². The number of rotatable bonds is 14. The maximum absolute atomic E-state index is 14.0. The molecule has 0 heterocycles. The standard InChI is InChI=1S/C33H42ClN3O4S/c1-6-26(4)35-33(39)31(22-27-13-8-7-9-14-27)36(23-28-15-10-11-16-29(28)34)32(38)17-12-20-37(42(5,40)41)30-21-24(2)18-19-25(30)3/h7-11,13-16,18-19,21,26,31H,6,12,17,20,22-23H2,1-5H3,(H,35,39)/t26-,31+/m1/s1. The van der Waals surface area contributed by atoms with E-state index in [0.29, 0.717) is 17.1 Å². The molecule has 0 saturated carbocycles. The first-order chi connectivity index (χ1) is 19.9. The van der Waals surface area contributed by atoms with Gasteiger partial charge in [0, 0.05) is 37.0 Å². The minimum atomic E-state index is -3.59. The van der Waals surface area contributed by atoms with E-state index in [1.54, 1.807) is 11.0 Å². The zero-order valence-electron chi connectivity index (χ0n) is 25.1. The summed E-state index contributed by atoms with van der Waals surface area (Å²) >= 11 is 6.50. The normalized spacial score (nSPS) is 12.8. The molecular weight excluding hydrogens is 570 g/mol. The molecule has 42 heavy (non-hydrogen) atoms. The first-order valence-corrected chi connectivity index (χ1v) is 16.6. The van der Waals surface area contributed by atoms with Crippen LogP contribution in [0.5, 0.6) is 0 Å². The number of carbonyl (C=O) groups is 2. The SMILES string of the molecule is CC[C@@H](C)NC(=O)[C@H](Cc1ccccc1)N(Cc1ccccc1Cl)C(=O)CCCN(c1cc(C)ccc1C)S(C)(=O)=O. The summed E-state index contributed by atoms with van der Waals surface area (Å²) in [6.07, 6.45) is 2.60. The van der Waals surface area contributed by atoms with Gasteiger partial charge < -0.3 is 10.2 Å². The van der Waals surface area contributed by atoms with Crippen molar-refractivity contribution in [1.82, 2.24) is 10.2 Å². The smallest absolute Gasteiger partial charge is 0.243 e. The summed E-state index contributed by atoms with van der Waals surface area (Å²) in [6, 6.07) is 21.7. The first kappa shape index (κ1) is 33.1. The van der Waals surface area contributed by atoms with Crippen LogP contribution in [0.15, 0.2) is 72.8 Å². The van der Waals surface area contributed by atoms with E-state index in [4.69, 9.17) is 11.6 Å². The van der Waals surface area contributed by atoms with Crippen LogP contribution >= 0.6 is 11.6 Å². The number of carbonyl (C=O) groups excluding carboxylic acids is 2. The van der Waals surface area contributed by atoms with Gasteiger partial charge in [0.25, 0.3) is 0 Å². The zero-order chi connectivity index (χ0) is 30.9. The van der Waals surface area contributed by atoms with Gasteiger partial charge >= 0.3 is 0 Å². The highest BCUT2D eigenvalue weighted by atomic mass is 35.5. The van der Waals surface area contributed by atoms with Gasteiger partial charge in [0.2, 0.25) is 21.8 Å². The summed E-state index contributed by atoms with van der Waals surface area (Å²) in [5.74, 6) is -0.480. The monoisotopic (exact) mass is 611 g/mol. The molecule has 0 fully saturated rings. The lowest BCUT2D eigenvalue weighted by Crippen LogP contribution is -2.52. The van der Waals surface area contributed by atoms with Crippen molar-refractivity contribution >= 4 is 39.1 Å². The fourth-order valence-corrected chi connectivity index (χ4v) is 5.99. The highest BCUT2D eigenvalue weighted by molar-refractivity contribution is 7.92. The van der Waals surface area contributed by atoms with Crippen LogP contribution in [0.3, 0.4) is 0 Å². The molecule has 1 N–H and O–H groups in total. The number of anilines is 1. The van der Waals surface area contributed by atoms with Gasteiger partial charge in [-0.15, -0.1) is 0 Å². The number of nitrogens with zero attached hydrogens (tertiary/aromatic N) is 2. The van der Waals surface area contributed by atoms with Crippen molar-refractivity contribution in [2.24, 2.45) is 0 Å². The van der Waals surface area contributed by atoms with Crippen LogP contribution in [-0.2, 0) is 32.6 Å². The van der Waals surface area contributed by atoms with Gasteiger partial charge in [-0.05, 0) is 68.0 Å². The molecule has 0 aliphatic carbocycles. The molecule has 0 spiro atoms. The Morgan fingerprint density at radius 3 is 2.29 bits per heavy atom. The van der Waals surface area contributed by atoms with Crippen LogP contribution in [0.1, 0.15) is 55.4 Å². The van der Waals surface area contributed by atoms with E-state index in [-0.39, 0.29) is 43.8 Å². The molecule has 0 aromatic heterocycles. The van der Waals surface area contributed by atoms with Gasteiger partial charge in [0.05, 0.1) is 11.9 Å². The second kappa shape index (κ2) is 15.2. The predicted molar refractivity (Wildman–Crippen MR) is 171 cm³/mol. The number of nitrogens with one attached hydrogen (secondary N) is 1. The average molecular weight is 612 g/mol. The molecule has 3 aromatic carbocycles. The third-order valence-electron chi connectivity index (χ3n) is 7.36. The molecule has 0 unspecified atom stereocenters. The van der Waals surface area contributed by atoms with Crippen molar-refractivity contribution in [3.8, 4) is 0 Å². The molecule has 2 atom stereocenters. The summed E-state index contributed by atoms with van der Waals surface area (Å²) < 4.78 is 26.9. The Labute approximate surface area is 255 Å². The molecule has 0 radical (unpaired) electrons. The molecule has 3 rings (SSSR count). The Kier molecular flexibility index (Phi) is 12.0. The first-order valence-electron chi connectivity index (χ1n) is 14.3.